The number of nitrogens with zero attached hydrogens (tertiary/aromatic N) is 2. The molecule has 6 heteroatoms. The number of rotatable bonds is 7. The van der Waals surface area contributed by atoms with Crippen molar-refractivity contribution in [1.82, 2.24) is 9.80 Å². The van der Waals surface area contributed by atoms with E-state index in [2.05, 4.69) is 6.92 Å². The highest BCUT2D eigenvalue weighted by molar-refractivity contribution is 7.98. The van der Waals surface area contributed by atoms with Gasteiger partial charge in [0.1, 0.15) is 5.76 Å². The zero-order chi connectivity index (χ0) is 17.0. The molecular formula is C17H28N2O3S. The van der Waals surface area contributed by atoms with E-state index in [1.165, 1.54) is 12.8 Å². The van der Waals surface area contributed by atoms with Crippen LogP contribution in [-0.4, -0.2) is 65.9 Å². The Bertz CT molecular complexity index is 530. The van der Waals surface area contributed by atoms with Gasteiger partial charge in [0.25, 0.3) is 5.91 Å². The fourth-order valence-corrected chi connectivity index (χ4v) is 3.94. The number of aryl methyl sites for hydroxylation is 1. The SMILES string of the molecule is CCCCSCc1cc(C(=O)N2C[C@H](O)[C@@H](N(C)C)C2)oc1C. The molecule has 1 aromatic heterocycles. The topological polar surface area (TPSA) is 56.9 Å². The Morgan fingerprint density at radius 3 is 2.83 bits per heavy atom. The minimum atomic E-state index is -0.505. The predicted molar refractivity (Wildman–Crippen MR) is 93.9 cm³/mol. The zero-order valence-corrected chi connectivity index (χ0v) is 15.4. The second-order valence-electron chi connectivity index (χ2n) is 6.41. The number of thioether (sulfide) groups is 1. The van der Waals surface area contributed by atoms with Crippen molar-refractivity contribution in [3.8, 4) is 0 Å². The van der Waals surface area contributed by atoms with E-state index in [0.29, 0.717) is 18.8 Å². The Morgan fingerprint density at radius 1 is 1.48 bits per heavy atom. The first-order valence-corrected chi connectivity index (χ1v) is 9.40. The number of carbonyl (C=O) groups is 1. The Kier molecular flexibility index (Phi) is 6.56. The highest BCUT2D eigenvalue weighted by atomic mass is 32.2. The summed E-state index contributed by atoms with van der Waals surface area (Å²) in [6.07, 6.45) is 1.91. The molecule has 130 valence electrons. The molecule has 0 unspecified atom stereocenters. The van der Waals surface area contributed by atoms with Gasteiger partial charge in [0.15, 0.2) is 5.76 Å². The molecule has 2 heterocycles. The van der Waals surface area contributed by atoms with Gasteiger partial charge >= 0.3 is 0 Å². The summed E-state index contributed by atoms with van der Waals surface area (Å²) >= 11 is 1.88. The number of unbranched alkanes of at least 4 members (excludes halogenated alkanes) is 1. The van der Waals surface area contributed by atoms with Gasteiger partial charge in [-0.1, -0.05) is 13.3 Å². The Balaban J connectivity index is 1.98. The van der Waals surface area contributed by atoms with E-state index in [1.54, 1.807) is 4.90 Å². The van der Waals surface area contributed by atoms with Gasteiger partial charge in [0.05, 0.1) is 12.1 Å². The molecule has 0 bridgehead atoms. The number of likely N-dealkylation sites (tertiary alicyclic amines) is 1. The van der Waals surface area contributed by atoms with Crippen LogP contribution < -0.4 is 0 Å². The Hall–Kier alpha value is -0.980. The van der Waals surface area contributed by atoms with Crippen molar-refractivity contribution >= 4 is 17.7 Å². The third kappa shape index (κ3) is 4.52. The van der Waals surface area contributed by atoms with Gasteiger partial charge in [0.2, 0.25) is 0 Å². The maximum Gasteiger partial charge on any atom is 0.289 e. The largest absolute Gasteiger partial charge is 0.456 e. The van der Waals surface area contributed by atoms with Crippen LogP contribution in [0.5, 0.6) is 0 Å². The number of furan rings is 1. The molecule has 2 rings (SSSR count). The lowest BCUT2D eigenvalue weighted by molar-refractivity contribution is 0.0732. The Labute approximate surface area is 143 Å². The molecular weight excluding hydrogens is 312 g/mol. The van der Waals surface area contributed by atoms with Gasteiger partial charge in [-0.2, -0.15) is 11.8 Å². The summed E-state index contributed by atoms with van der Waals surface area (Å²) in [5.74, 6) is 3.10. The summed E-state index contributed by atoms with van der Waals surface area (Å²) in [6.45, 7) is 5.00. The van der Waals surface area contributed by atoms with Crippen LogP contribution in [0.3, 0.4) is 0 Å². The van der Waals surface area contributed by atoms with Crippen molar-refractivity contribution in [2.24, 2.45) is 0 Å². The van der Waals surface area contributed by atoms with Crippen molar-refractivity contribution in [3.05, 3.63) is 23.2 Å². The maximum atomic E-state index is 12.6. The number of aliphatic hydroxyl groups excluding tert-OH is 1. The summed E-state index contributed by atoms with van der Waals surface area (Å²) in [5.41, 5.74) is 1.10. The standard InChI is InChI=1S/C17H28N2O3S/c1-5-6-7-23-11-13-8-16(22-12(13)2)17(21)19-9-14(18(3)4)15(20)10-19/h8,14-15,20H,5-7,9-11H2,1-4H3/t14-,15-/m0/s1. The molecule has 0 saturated carbocycles. The van der Waals surface area contributed by atoms with E-state index < -0.39 is 6.10 Å². The molecule has 0 radical (unpaired) electrons. The highest BCUT2D eigenvalue weighted by Crippen LogP contribution is 2.24. The van der Waals surface area contributed by atoms with Gasteiger partial charge < -0.3 is 19.3 Å². The van der Waals surface area contributed by atoms with E-state index in [9.17, 15) is 9.90 Å². The van der Waals surface area contributed by atoms with Crippen LogP contribution in [0, 0.1) is 6.92 Å². The van der Waals surface area contributed by atoms with E-state index >= 15 is 0 Å². The van der Waals surface area contributed by atoms with Crippen molar-refractivity contribution < 1.29 is 14.3 Å². The summed E-state index contributed by atoms with van der Waals surface area (Å²) in [7, 11) is 3.84. The van der Waals surface area contributed by atoms with Gasteiger partial charge in [-0.25, -0.2) is 0 Å². The molecule has 23 heavy (non-hydrogen) atoms. The van der Waals surface area contributed by atoms with Crippen LogP contribution in [0.1, 0.15) is 41.6 Å². The van der Waals surface area contributed by atoms with Crippen molar-refractivity contribution in [2.45, 2.75) is 44.6 Å². The molecule has 1 aliphatic rings. The predicted octanol–water partition coefficient (Wildman–Crippen LogP) is 2.37. The summed E-state index contributed by atoms with van der Waals surface area (Å²) in [6, 6.07) is 1.85. The maximum absolute atomic E-state index is 12.6. The number of hydrogen-bond acceptors (Lipinski definition) is 5. The lowest BCUT2D eigenvalue weighted by Crippen LogP contribution is -2.38. The average molecular weight is 340 g/mol. The van der Waals surface area contributed by atoms with Crippen molar-refractivity contribution in [2.75, 3.05) is 32.9 Å². The smallest absolute Gasteiger partial charge is 0.289 e. The summed E-state index contributed by atoms with van der Waals surface area (Å²) in [4.78, 5) is 16.2. The summed E-state index contributed by atoms with van der Waals surface area (Å²) < 4.78 is 5.68. The van der Waals surface area contributed by atoms with E-state index in [0.717, 1.165) is 22.8 Å². The fraction of sp³-hybridized carbons (Fsp3) is 0.706. The first kappa shape index (κ1) is 18.4. The molecule has 1 aromatic rings. The number of β-amino-alcohol motifs (C(OH)–C–C–N with tert-alkyl or cyclic N) is 1. The molecule has 1 aliphatic heterocycles. The molecule has 1 amide bonds. The monoisotopic (exact) mass is 340 g/mol. The first-order chi connectivity index (χ1) is 10.9. The number of amides is 1. The van der Waals surface area contributed by atoms with Gasteiger partial charge in [-0.15, -0.1) is 0 Å². The van der Waals surface area contributed by atoms with Crippen LogP contribution in [0.4, 0.5) is 0 Å². The quantitative estimate of drug-likeness (QED) is 0.772. The van der Waals surface area contributed by atoms with Crippen molar-refractivity contribution in [3.63, 3.8) is 0 Å². The molecule has 2 atom stereocenters. The Morgan fingerprint density at radius 2 is 2.22 bits per heavy atom. The number of carbonyl (C=O) groups excluding carboxylic acids is 1. The lowest BCUT2D eigenvalue weighted by Gasteiger charge is -2.21. The highest BCUT2D eigenvalue weighted by Gasteiger charge is 2.36. The van der Waals surface area contributed by atoms with Gasteiger partial charge in [-0.3, -0.25) is 4.79 Å². The third-order valence-corrected chi connectivity index (χ3v) is 5.43. The van der Waals surface area contributed by atoms with E-state index in [1.807, 2.05) is 43.7 Å². The fourth-order valence-electron chi connectivity index (χ4n) is 2.80. The molecule has 1 saturated heterocycles. The lowest BCUT2D eigenvalue weighted by atomic mass is 10.2. The van der Waals surface area contributed by atoms with E-state index in [-0.39, 0.29) is 11.9 Å². The van der Waals surface area contributed by atoms with Crippen LogP contribution in [0.25, 0.3) is 0 Å². The first-order valence-electron chi connectivity index (χ1n) is 8.24. The minimum absolute atomic E-state index is 0.0147. The average Bonchev–Trinajstić information content (AvgIpc) is 3.06. The van der Waals surface area contributed by atoms with Crippen LogP contribution in [0.2, 0.25) is 0 Å². The van der Waals surface area contributed by atoms with Crippen LogP contribution in [-0.2, 0) is 5.75 Å². The van der Waals surface area contributed by atoms with Gasteiger partial charge in [0, 0.05) is 24.4 Å². The molecule has 1 N–H and O–H groups in total. The molecule has 0 aromatic carbocycles. The number of hydrogen-bond donors (Lipinski definition) is 1. The van der Waals surface area contributed by atoms with Crippen LogP contribution in [0.15, 0.2) is 10.5 Å². The third-order valence-electron chi connectivity index (χ3n) is 4.34. The zero-order valence-electron chi connectivity index (χ0n) is 14.5. The summed E-state index contributed by atoms with van der Waals surface area (Å²) in [5, 5.41) is 10.1. The van der Waals surface area contributed by atoms with Crippen LogP contribution >= 0.6 is 11.8 Å². The number of likely N-dealkylation sites (N-methyl/N-ethyl adjacent to an activating group) is 1. The molecule has 1 fully saturated rings. The second kappa shape index (κ2) is 8.22. The minimum Gasteiger partial charge on any atom is -0.456 e. The normalized spacial score (nSPS) is 21.4. The van der Waals surface area contributed by atoms with Gasteiger partial charge in [-0.05, 0) is 39.3 Å². The second-order valence-corrected chi connectivity index (χ2v) is 7.51. The number of aliphatic hydroxyl groups is 1. The molecule has 5 nitrogen and oxygen atoms in total. The van der Waals surface area contributed by atoms with E-state index in [4.69, 9.17) is 4.42 Å². The van der Waals surface area contributed by atoms with Crippen molar-refractivity contribution in [1.29, 1.82) is 0 Å². The molecule has 0 aliphatic carbocycles. The molecule has 0 spiro atoms.